The third kappa shape index (κ3) is 1.64. The predicted octanol–water partition coefficient (Wildman–Crippen LogP) is 1.76. The minimum absolute atomic E-state index is 0.736. The van der Waals surface area contributed by atoms with E-state index in [-0.39, 0.29) is 0 Å². The highest BCUT2D eigenvalue weighted by Crippen LogP contribution is 1.92. The van der Waals surface area contributed by atoms with Gasteiger partial charge in [0.2, 0.25) is 0 Å². The number of rotatable bonds is 1. The molecule has 0 aliphatic carbocycles. The topological polar surface area (TPSA) is 0 Å². The van der Waals surface area contributed by atoms with Crippen molar-refractivity contribution in [2.24, 2.45) is 0 Å². The maximum atomic E-state index is 11.2. The zero-order valence-electron chi connectivity index (χ0n) is 3.04. The maximum absolute atomic E-state index is 11.2. The first-order valence-corrected chi connectivity index (χ1v) is 1.32. The Balaban J connectivity index is 3.50. The Morgan fingerprint density at radius 3 is 2.33 bits per heavy atom. The summed E-state index contributed by atoms with van der Waals surface area (Å²) >= 11 is 0. The summed E-state index contributed by atoms with van der Waals surface area (Å²) in [5.74, 6) is -1.06. The number of allylic oxidation sites excluding steroid dienone is 2. The molecule has 0 unspecified atom stereocenters. The number of halogens is 2. The van der Waals surface area contributed by atoms with Crippen molar-refractivity contribution in [3.05, 3.63) is 24.8 Å². The van der Waals surface area contributed by atoms with Crippen molar-refractivity contribution in [2.75, 3.05) is 0 Å². The Bertz CT molecular complexity index is 73.6. The fourth-order valence-electron chi connectivity index (χ4n) is 0.0386. The van der Waals surface area contributed by atoms with E-state index in [1.54, 1.807) is 0 Å². The second-order valence-corrected chi connectivity index (χ2v) is 0.647. The molecule has 0 aromatic heterocycles. The molecule has 0 nitrogen and oxygen atoms in total. The van der Waals surface area contributed by atoms with Gasteiger partial charge in [-0.15, -0.1) is 0 Å². The lowest BCUT2D eigenvalue weighted by Crippen LogP contribution is -1.53. The van der Waals surface area contributed by atoms with Gasteiger partial charge in [0.1, 0.15) is 0 Å². The van der Waals surface area contributed by atoms with Gasteiger partial charge in [0.05, 0.1) is 0 Å². The quantitative estimate of drug-likeness (QED) is 0.429. The van der Waals surface area contributed by atoms with Crippen molar-refractivity contribution in [3.63, 3.8) is 0 Å². The molecule has 0 saturated carbocycles. The molecule has 0 saturated heterocycles. The zero-order chi connectivity index (χ0) is 4.99. The molecule has 0 bridgehead atoms. The summed E-state index contributed by atoms with van der Waals surface area (Å²) in [6, 6.07) is 0. The predicted molar refractivity (Wildman–Crippen MR) is 19.2 cm³/mol. The van der Waals surface area contributed by atoms with Crippen molar-refractivity contribution in [1.29, 1.82) is 0 Å². The van der Waals surface area contributed by atoms with E-state index in [1.165, 1.54) is 0 Å². The van der Waals surface area contributed by atoms with E-state index in [4.69, 9.17) is 0 Å². The summed E-state index contributed by atoms with van der Waals surface area (Å²) in [5.41, 5.74) is 0. The molecule has 0 aliphatic rings. The lowest BCUT2D eigenvalue weighted by Gasteiger charge is -1.68. The SMILES string of the molecule is C=C/C(F)=[C]\F. The van der Waals surface area contributed by atoms with Crippen LogP contribution in [0, 0.1) is 6.33 Å². The van der Waals surface area contributed by atoms with Crippen molar-refractivity contribution in [1.82, 2.24) is 0 Å². The van der Waals surface area contributed by atoms with Crippen molar-refractivity contribution < 1.29 is 8.78 Å². The molecule has 2 heteroatoms. The van der Waals surface area contributed by atoms with E-state index < -0.39 is 5.83 Å². The molecular formula is C4H3F2. The molecule has 0 fully saturated rings. The molecule has 0 amide bonds. The largest absolute Gasteiger partial charge is 0.204 e. The van der Waals surface area contributed by atoms with Gasteiger partial charge in [-0.05, 0) is 6.08 Å². The fourth-order valence-corrected chi connectivity index (χ4v) is 0.0386. The van der Waals surface area contributed by atoms with Crippen LogP contribution >= 0.6 is 0 Å². The van der Waals surface area contributed by atoms with Crippen molar-refractivity contribution in [3.8, 4) is 0 Å². The smallest absolute Gasteiger partial charge is 0.197 e. The van der Waals surface area contributed by atoms with Crippen LogP contribution in [0.15, 0.2) is 18.5 Å². The molecule has 0 aromatic carbocycles. The van der Waals surface area contributed by atoms with Crippen LogP contribution in [0.4, 0.5) is 8.78 Å². The Hall–Kier alpha value is -0.660. The zero-order valence-corrected chi connectivity index (χ0v) is 3.04. The molecule has 0 aromatic rings. The highest BCUT2D eigenvalue weighted by atomic mass is 19.2. The van der Waals surface area contributed by atoms with E-state index in [0.29, 0.717) is 0 Å². The van der Waals surface area contributed by atoms with Gasteiger partial charge in [-0.2, -0.15) is 0 Å². The van der Waals surface area contributed by atoms with Gasteiger partial charge in [-0.3, -0.25) is 0 Å². The van der Waals surface area contributed by atoms with Crippen LogP contribution in [0.25, 0.3) is 0 Å². The lowest BCUT2D eigenvalue weighted by atomic mass is 10.6. The monoisotopic (exact) mass is 89.0 g/mol. The Labute approximate surface area is 34.8 Å². The Morgan fingerprint density at radius 2 is 2.33 bits per heavy atom. The lowest BCUT2D eigenvalue weighted by molar-refractivity contribution is 0.583. The first-order valence-electron chi connectivity index (χ1n) is 1.32. The minimum Gasteiger partial charge on any atom is -0.204 e. The third-order valence-electron chi connectivity index (χ3n) is 0.269. The summed E-state index contributed by atoms with van der Waals surface area (Å²) in [4.78, 5) is 0. The molecule has 0 heterocycles. The van der Waals surface area contributed by atoms with E-state index in [0.717, 1.165) is 12.4 Å². The molecule has 0 spiro atoms. The van der Waals surface area contributed by atoms with Gasteiger partial charge in [0.25, 0.3) is 0 Å². The summed E-state index contributed by atoms with van der Waals surface area (Å²) in [6.07, 6.45) is 1.48. The number of hydrogen-bond donors (Lipinski definition) is 0. The first kappa shape index (κ1) is 5.34. The van der Waals surface area contributed by atoms with Crippen LogP contribution in [0.2, 0.25) is 0 Å². The molecule has 6 heavy (non-hydrogen) atoms. The average Bonchev–Trinajstić information content (AvgIpc) is 1.65. The average molecular weight is 89.1 g/mol. The Morgan fingerprint density at radius 1 is 1.83 bits per heavy atom. The fraction of sp³-hybridized carbons (Fsp3) is 0. The van der Waals surface area contributed by atoms with Crippen LogP contribution in [-0.2, 0) is 0 Å². The second kappa shape index (κ2) is 2.57. The normalized spacial score (nSPS) is 11.3. The maximum Gasteiger partial charge on any atom is 0.197 e. The molecule has 0 aliphatic heterocycles. The second-order valence-electron chi connectivity index (χ2n) is 0.647. The van der Waals surface area contributed by atoms with Gasteiger partial charge in [-0.25, -0.2) is 8.78 Å². The van der Waals surface area contributed by atoms with Gasteiger partial charge < -0.3 is 0 Å². The van der Waals surface area contributed by atoms with E-state index in [9.17, 15) is 8.78 Å². The van der Waals surface area contributed by atoms with Gasteiger partial charge in [0.15, 0.2) is 12.2 Å². The van der Waals surface area contributed by atoms with Crippen molar-refractivity contribution in [2.45, 2.75) is 0 Å². The van der Waals surface area contributed by atoms with E-state index in [2.05, 4.69) is 6.58 Å². The third-order valence-corrected chi connectivity index (χ3v) is 0.269. The van der Waals surface area contributed by atoms with Crippen LogP contribution in [0.1, 0.15) is 0 Å². The first-order chi connectivity index (χ1) is 2.81. The standard InChI is InChI=1S/C4H3F2/c1-2-4(6)3-5/h2H,1H2. The summed E-state index contributed by atoms with van der Waals surface area (Å²) in [7, 11) is 0. The molecule has 0 N–H and O–H groups in total. The highest BCUT2D eigenvalue weighted by molar-refractivity contribution is 4.99. The van der Waals surface area contributed by atoms with Gasteiger partial charge in [-0.1, -0.05) is 6.58 Å². The molecule has 0 rings (SSSR count). The molecule has 1 radical (unpaired) electrons. The summed E-state index contributed by atoms with van der Waals surface area (Å²) in [5, 5.41) is 0. The van der Waals surface area contributed by atoms with Gasteiger partial charge >= 0.3 is 0 Å². The van der Waals surface area contributed by atoms with Crippen LogP contribution < -0.4 is 0 Å². The Kier molecular flexibility index (Phi) is 2.29. The molecule has 33 valence electrons. The summed E-state index contributed by atoms with van der Waals surface area (Å²) in [6.45, 7) is 2.92. The minimum atomic E-state index is -1.06. The van der Waals surface area contributed by atoms with E-state index >= 15 is 0 Å². The summed E-state index contributed by atoms with van der Waals surface area (Å²) < 4.78 is 21.8. The van der Waals surface area contributed by atoms with Gasteiger partial charge in [0, 0.05) is 0 Å². The molecule has 0 atom stereocenters. The molecular weight excluding hydrogens is 86.0 g/mol. The van der Waals surface area contributed by atoms with Crippen LogP contribution in [-0.4, -0.2) is 0 Å². The highest BCUT2D eigenvalue weighted by Gasteiger charge is 1.78. The van der Waals surface area contributed by atoms with Crippen molar-refractivity contribution >= 4 is 0 Å². The number of hydrogen-bond acceptors (Lipinski definition) is 0. The van der Waals surface area contributed by atoms with Crippen LogP contribution in [0.5, 0.6) is 0 Å². The van der Waals surface area contributed by atoms with Crippen LogP contribution in [0.3, 0.4) is 0 Å². The van der Waals surface area contributed by atoms with E-state index in [1.807, 2.05) is 0 Å².